The van der Waals surface area contributed by atoms with Gasteiger partial charge in [0.25, 0.3) is 0 Å². The van der Waals surface area contributed by atoms with E-state index in [9.17, 15) is 8.78 Å². The molecule has 0 aromatic heterocycles. The van der Waals surface area contributed by atoms with Gasteiger partial charge in [-0.15, -0.1) is 0 Å². The first-order chi connectivity index (χ1) is 5.29. The summed E-state index contributed by atoms with van der Waals surface area (Å²) in [5.74, 6) is 0. The lowest BCUT2D eigenvalue weighted by Gasteiger charge is -2.13. The second kappa shape index (κ2) is 4.65. The fourth-order valence-electron chi connectivity index (χ4n) is 1.52. The number of halogens is 2. The van der Waals surface area contributed by atoms with Gasteiger partial charge in [-0.2, -0.15) is 8.78 Å². The molecule has 0 radical (unpaired) electrons. The Balaban J connectivity index is 2.20. The van der Waals surface area contributed by atoms with Gasteiger partial charge >= 0.3 is 6.61 Å². The van der Waals surface area contributed by atoms with Crippen molar-refractivity contribution in [3.63, 3.8) is 0 Å². The summed E-state index contributed by atoms with van der Waals surface area (Å²) in [6.07, 6.45) is 5.85. The van der Waals surface area contributed by atoms with Crippen LogP contribution in [0.2, 0.25) is 0 Å². The molecule has 11 heavy (non-hydrogen) atoms. The SMILES string of the molecule is FC(F)OC1CCCCCC1. The molecular formula is C8H14F2O. The fourth-order valence-corrected chi connectivity index (χ4v) is 1.52. The lowest BCUT2D eigenvalue weighted by atomic mass is 10.2. The van der Waals surface area contributed by atoms with Gasteiger partial charge < -0.3 is 4.74 Å². The Hall–Kier alpha value is -0.180. The lowest BCUT2D eigenvalue weighted by molar-refractivity contribution is -0.165. The average molecular weight is 164 g/mol. The summed E-state index contributed by atoms with van der Waals surface area (Å²) in [6.45, 7) is -2.59. The van der Waals surface area contributed by atoms with Crippen LogP contribution in [0.15, 0.2) is 0 Å². The number of hydrogen-bond donors (Lipinski definition) is 0. The van der Waals surface area contributed by atoms with Gasteiger partial charge in [-0.3, -0.25) is 0 Å². The molecule has 1 rings (SSSR count). The predicted octanol–water partition coefficient (Wildman–Crippen LogP) is 2.95. The molecular weight excluding hydrogens is 150 g/mol. The van der Waals surface area contributed by atoms with Gasteiger partial charge in [0.1, 0.15) is 0 Å². The van der Waals surface area contributed by atoms with E-state index >= 15 is 0 Å². The molecule has 1 aliphatic rings. The monoisotopic (exact) mass is 164 g/mol. The second-order valence-electron chi connectivity index (χ2n) is 3.01. The zero-order valence-corrected chi connectivity index (χ0v) is 6.56. The van der Waals surface area contributed by atoms with Crippen molar-refractivity contribution in [2.45, 2.75) is 51.2 Å². The van der Waals surface area contributed by atoms with Crippen molar-refractivity contribution in [3.05, 3.63) is 0 Å². The van der Waals surface area contributed by atoms with Crippen molar-refractivity contribution in [1.82, 2.24) is 0 Å². The quantitative estimate of drug-likeness (QED) is 0.570. The van der Waals surface area contributed by atoms with E-state index in [4.69, 9.17) is 0 Å². The third-order valence-electron chi connectivity index (χ3n) is 2.10. The minimum absolute atomic E-state index is 0.183. The molecule has 1 fully saturated rings. The van der Waals surface area contributed by atoms with Gasteiger partial charge in [-0.05, 0) is 12.8 Å². The molecule has 1 nitrogen and oxygen atoms in total. The molecule has 0 aromatic rings. The van der Waals surface area contributed by atoms with E-state index in [0.29, 0.717) is 0 Å². The standard InChI is InChI=1S/C8H14F2O/c9-8(10)11-7-5-3-1-2-4-6-7/h7-8H,1-6H2. The van der Waals surface area contributed by atoms with Crippen LogP contribution in [0.4, 0.5) is 8.78 Å². The molecule has 0 N–H and O–H groups in total. The zero-order valence-electron chi connectivity index (χ0n) is 6.56. The molecule has 0 saturated heterocycles. The van der Waals surface area contributed by atoms with Gasteiger partial charge in [-0.1, -0.05) is 25.7 Å². The van der Waals surface area contributed by atoms with Gasteiger partial charge in [0.05, 0.1) is 6.10 Å². The second-order valence-corrected chi connectivity index (χ2v) is 3.01. The first-order valence-corrected chi connectivity index (χ1v) is 4.22. The molecule has 1 aliphatic carbocycles. The van der Waals surface area contributed by atoms with E-state index in [0.717, 1.165) is 25.7 Å². The Labute approximate surface area is 65.7 Å². The average Bonchev–Trinajstić information content (AvgIpc) is 2.14. The van der Waals surface area contributed by atoms with Crippen LogP contribution in [-0.2, 0) is 4.74 Å². The Morgan fingerprint density at radius 3 is 2.00 bits per heavy atom. The molecule has 0 unspecified atom stereocenters. The third kappa shape index (κ3) is 3.65. The van der Waals surface area contributed by atoms with E-state index in [1.165, 1.54) is 12.8 Å². The van der Waals surface area contributed by atoms with E-state index in [-0.39, 0.29) is 6.10 Å². The zero-order chi connectivity index (χ0) is 8.10. The predicted molar refractivity (Wildman–Crippen MR) is 38.6 cm³/mol. The number of alkyl halides is 2. The highest BCUT2D eigenvalue weighted by molar-refractivity contribution is 4.63. The van der Waals surface area contributed by atoms with Crippen molar-refractivity contribution in [2.75, 3.05) is 0 Å². The molecule has 0 bridgehead atoms. The summed E-state index contributed by atoms with van der Waals surface area (Å²) in [5.41, 5.74) is 0. The smallest absolute Gasteiger partial charge is 0.320 e. The Bertz CT molecular complexity index is 98.3. The Kier molecular flexibility index (Phi) is 3.77. The van der Waals surface area contributed by atoms with Crippen LogP contribution in [0.3, 0.4) is 0 Å². The Morgan fingerprint density at radius 1 is 1.00 bits per heavy atom. The van der Waals surface area contributed by atoms with Crippen molar-refractivity contribution in [1.29, 1.82) is 0 Å². The molecule has 0 atom stereocenters. The van der Waals surface area contributed by atoms with Gasteiger partial charge in [0, 0.05) is 0 Å². The minimum Gasteiger partial charge on any atom is -0.320 e. The van der Waals surface area contributed by atoms with Crippen LogP contribution in [0.1, 0.15) is 38.5 Å². The van der Waals surface area contributed by atoms with Crippen LogP contribution >= 0.6 is 0 Å². The summed E-state index contributed by atoms with van der Waals surface area (Å²) in [4.78, 5) is 0. The minimum atomic E-state index is -2.59. The summed E-state index contributed by atoms with van der Waals surface area (Å²) >= 11 is 0. The maximum absolute atomic E-state index is 11.7. The fraction of sp³-hybridized carbons (Fsp3) is 1.00. The summed E-state index contributed by atoms with van der Waals surface area (Å²) in [7, 11) is 0. The van der Waals surface area contributed by atoms with Gasteiger partial charge in [0.2, 0.25) is 0 Å². The number of ether oxygens (including phenoxy) is 1. The molecule has 66 valence electrons. The van der Waals surface area contributed by atoms with Crippen LogP contribution in [-0.4, -0.2) is 12.7 Å². The van der Waals surface area contributed by atoms with E-state index in [1.54, 1.807) is 0 Å². The molecule has 0 aliphatic heterocycles. The van der Waals surface area contributed by atoms with Crippen LogP contribution in [0.25, 0.3) is 0 Å². The molecule has 3 heteroatoms. The Morgan fingerprint density at radius 2 is 1.55 bits per heavy atom. The van der Waals surface area contributed by atoms with Crippen molar-refractivity contribution < 1.29 is 13.5 Å². The van der Waals surface area contributed by atoms with Crippen molar-refractivity contribution in [2.24, 2.45) is 0 Å². The first kappa shape index (κ1) is 8.91. The highest BCUT2D eigenvalue weighted by Crippen LogP contribution is 2.21. The summed E-state index contributed by atoms with van der Waals surface area (Å²) in [5, 5.41) is 0. The highest BCUT2D eigenvalue weighted by atomic mass is 19.3. The molecule has 0 amide bonds. The van der Waals surface area contributed by atoms with Crippen molar-refractivity contribution >= 4 is 0 Å². The van der Waals surface area contributed by atoms with Gasteiger partial charge in [-0.25, -0.2) is 0 Å². The van der Waals surface area contributed by atoms with Crippen LogP contribution in [0, 0.1) is 0 Å². The van der Waals surface area contributed by atoms with Crippen LogP contribution < -0.4 is 0 Å². The van der Waals surface area contributed by atoms with Crippen LogP contribution in [0.5, 0.6) is 0 Å². The maximum atomic E-state index is 11.7. The van der Waals surface area contributed by atoms with E-state index < -0.39 is 6.61 Å². The highest BCUT2D eigenvalue weighted by Gasteiger charge is 2.16. The maximum Gasteiger partial charge on any atom is 0.345 e. The summed E-state index contributed by atoms with van der Waals surface area (Å²) in [6, 6.07) is 0. The van der Waals surface area contributed by atoms with Gasteiger partial charge in [0.15, 0.2) is 0 Å². The largest absolute Gasteiger partial charge is 0.345 e. The molecule has 0 aromatic carbocycles. The normalized spacial score (nSPS) is 22.1. The van der Waals surface area contributed by atoms with Crippen molar-refractivity contribution in [3.8, 4) is 0 Å². The third-order valence-corrected chi connectivity index (χ3v) is 2.10. The number of rotatable bonds is 2. The topological polar surface area (TPSA) is 9.23 Å². The van der Waals surface area contributed by atoms with E-state index in [1.807, 2.05) is 0 Å². The molecule has 0 spiro atoms. The molecule has 1 saturated carbocycles. The first-order valence-electron chi connectivity index (χ1n) is 4.22. The van der Waals surface area contributed by atoms with E-state index in [2.05, 4.69) is 4.74 Å². The molecule has 0 heterocycles. The number of hydrogen-bond acceptors (Lipinski definition) is 1. The lowest BCUT2D eigenvalue weighted by Crippen LogP contribution is -2.15. The summed E-state index contributed by atoms with van der Waals surface area (Å²) < 4.78 is 27.9.